The Hall–Kier alpha value is -3.91. The predicted octanol–water partition coefficient (Wildman–Crippen LogP) is 2.09. The van der Waals surface area contributed by atoms with E-state index in [1.165, 1.54) is 11.8 Å². The van der Waals surface area contributed by atoms with E-state index in [4.69, 9.17) is 5.73 Å². The van der Waals surface area contributed by atoms with Gasteiger partial charge in [0.15, 0.2) is 5.65 Å². The quantitative estimate of drug-likeness (QED) is 0.433. The highest BCUT2D eigenvalue weighted by atomic mass is 19.4. The van der Waals surface area contributed by atoms with Crippen molar-refractivity contribution in [2.45, 2.75) is 25.1 Å². The lowest BCUT2D eigenvalue weighted by atomic mass is 10.0. The van der Waals surface area contributed by atoms with Crippen molar-refractivity contribution in [3.05, 3.63) is 53.6 Å². The number of benzene rings is 1. The second-order valence-corrected chi connectivity index (χ2v) is 7.61. The minimum Gasteiger partial charge on any atom is -0.378 e. The molecular formula is C22H20F3N5O3. The van der Waals surface area contributed by atoms with Crippen molar-refractivity contribution >= 4 is 18.0 Å². The summed E-state index contributed by atoms with van der Waals surface area (Å²) in [5.41, 5.74) is 3.17. The Morgan fingerprint density at radius 1 is 1.36 bits per heavy atom. The zero-order chi connectivity index (χ0) is 24.4. The van der Waals surface area contributed by atoms with Crippen molar-refractivity contribution < 1.29 is 27.9 Å². The first-order chi connectivity index (χ1) is 15.4. The molecule has 11 heteroatoms. The molecule has 1 aromatic carbocycles. The number of amides is 2. The van der Waals surface area contributed by atoms with Crippen molar-refractivity contribution in [2.24, 2.45) is 5.73 Å². The van der Waals surface area contributed by atoms with Gasteiger partial charge in [-0.2, -0.15) is 13.2 Å². The number of hydrogen-bond donors (Lipinski definition) is 2. The van der Waals surface area contributed by atoms with Gasteiger partial charge in [0.25, 0.3) is 5.91 Å². The van der Waals surface area contributed by atoms with Crippen LogP contribution in [0.2, 0.25) is 0 Å². The Labute approximate surface area is 186 Å². The summed E-state index contributed by atoms with van der Waals surface area (Å²) in [7, 11) is 1.58. The number of carbonyl (C=O) groups excluding carboxylic acids is 2. The van der Waals surface area contributed by atoms with E-state index in [0.29, 0.717) is 30.3 Å². The van der Waals surface area contributed by atoms with E-state index in [2.05, 4.69) is 21.8 Å². The van der Waals surface area contributed by atoms with Crippen LogP contribution < -0.4 is 5.73 Å². The van der Waals surface area contributed by atoms with E-state index in [0.717, 1.165) is 10.6 Å². The maximum atomic E-state index is 13.4. The molecule has 0 radical (unpaired) electrons. The van der Waals surface area contributed by atoms with Gasteiger partial charge in [-0.3, -0.25) is 14.0 Å². The van der Waals surface area contributed by atoms with Crippen LogP contribution in [0, 0.1) is 11.8 Å². The number of alkyl halides is 3. The highest BCUT2D eigenvalue weighted by Crippen LogP contribution is 2.32. The first kappa shape index (κ1) is 23.7. The van der Waals surface area contributed by atoms with Crippen LogP contribution in [-0.2, 0) is 11.0 Å². The second kappa shape index (κ2) is 8.91. The highest BCUT2D eigenvalue weighted by molar-refractivity contribution is 5.92. The molecule has 1 atom stereocenters. The summed E-state index contributed by atoms with van der Waals surface area (Å²) in [6.07, 6.45) is -2.30. The van der Waals surface area contributed by atoms with Crippen LogP contribution in [0.15, 0.2) is 36.7 Å². The van der Waals surface area contributed by atoms with Gasteiger partial charge in [0.1, 0.15) is 22.7 Å². The fourth-order valence-corrected chi connectivity index (χ4v) is 2.97. The van der Waals surface area contributed by atoms with E-state index in [-0.39, 0.29) is 23.5 Å². The van der Waals surface area contributed by atoms with Crippen LogP contribution in [0.4, 0.5) is 13.2 Å². The molecule has 3 rings (SSSR count). The zero-order valence-corrected chi connectivity index (χ0v) is 17.7. The highest BCUT2D eigenvalue weighted by Gasteiger charge is 2.35. The van der Waals surface area contributed by atoms with E-state index < -0.39 is 23.4 Å². The van der Waals surface area contributed by atoms with Crippen LogP contribution >= 0.6 is 0 Å². The SMILES string of the molecule is CN(C=O)CCC(C)(O)C#Cc1cccc(-c2nc(C(N)=O)cn3c(C(F)(F)F)cnc23)c1. The van der Waals surface area contributed by atoms with Gasteiger partial charge in [0.05, 0.1) is 6.20 Å². The smallest absolute Gasteiger partial charge is 0.378 e. The Kier molecular flexibility index (Phi) is 6.41. The largest absolute Gasteiger partial charge is 0.433 e. The number of primary amides is 1. The molecule has 8 nitrogen and oxygen atoms in total. The summed E-state index contributed by atoms with van der Waals surface area (Å²) in [6.45, 7) is 1.81. The lowest BCUT2D eigenvalue weighted by Crippen LogP contribution is -2.29. The number of halogens is 3. The fourth-order valence-electron chi connectivity index (χ4n) is 2.97. The first-order valence-electron chi connectivity index (χ1n) is 9.68. The van der Waals surface area contributed by atoms with Gasteiger partial charge in [-0.25, -0.2) is 9.97 Å². The summed E-state index contributed by atoms with van der Waals surface area (Å²) >= 11 is 0. The van der Waals surface area contributed by atoms with Gasteiger partial charge in [0, 0.05) is 37.3 Å². The van der Waals surface area contributed by atoms with E-state index in [1.54, 1.807) is 31.3 Å². The molecule has 1 unspecified atom stereocenters. The second-order valence-electron chi connectivity index (χ2n) is 7.61. The Bertz CT molecular complexity index is 1270. The molecule has 0 aliphatic rings. The molecule has 0 fully saturated rings. The minimum absolute atomic E-state index is 0.0183. The molecule has 172 valence electrons. The predicted molar refractivity (Wildman–Crippen MR) is 113 cm³/mol. The number of aliphatic hydroxyl groups is 1. The third kappa shape index (κ3) is 5.48. The van der Waals surface area contributed by atoms with Gasteiger partial charge >= 0.3 is 6.18 Å². The Balaban J connectivity index is 2.05. The Morgan fingerprint density at radius 3 is 2.73 bits per heavy atom. The number of imidazole rings is 1. The van der Waals surface area contributed by atoms with Gasteiger partial charge in [-0.05, 0) is 19.1 Å². The third-order valence-electron chi connectivity index (χ3n) is 4.78. The van der Waals surface area contributed by atoms with Crippen molar-refractivity contribution in [1.29, 1.82) is 0 Å². The van der Waals surface area contributed by atoms with Crippen molar-refractivity contribution in [3.63, 3.8) is 0 Å². The van der Waals surface area contributed by atoms with Crippen LogP contribution in [0.1, 0.15) is 35.1 Å². The molecule has 3 N–H and O–H groups in total. The maximum absolute atomic E-state index is 13.4. The molecule has 0 aliphatic heterocycles. The third-order valence-corrected chi connectivity index (χ3v) is 4.78. The Morgan fingerprint density at radius 2 is 2.09 bits per heavy atom. The van der Waals surface area contributed by atoms with Crippen molar-refractivity contribution in [1.82, 2.24) is 19.3 Å². The first-order valence-corrected chi connectivity index (χ1v) is 9.68. The number of fused-ring (bicyclic) bond motifs is 1. The summed E-state index contributed by atoms with van der Waals surface area (Å²) < 4.78 is 40.8. The normalized spacial score (nSPS) is 13.2. The standard InChI is InChI=1S/C22H20F3N5O3/c1-21(33,8-9-29(2)13-31)7-6-14-4-3-5-15(10-14)18-20-27-11-17(22(23,24)25)30(20)12-16(28-18)19(26)32/h3-5,10-13,33H,8-9H2,1-2H3,(H2,26,32). The van der Waals surface area contributed by atoms with E-state index >= 15 is 0 Å². The van der Waals surface area contributed by atoms with Gasteiger partial charge < -0.3 is 15.7 Å². The van der Waals surface area contributed by atoms with Crippen molar-refractivity contribution in [2.75, 3.05) is 13.6 Å². The van der Waals surface area contributed by atoms with E-state index in [1.807, 2.05) is 0 Å². The number of nitrogens with zero attached hydrogens (tertiary/aromatic N) is 4. The van der Waals surface area contributed by atoms with Gasteiger partial charge in [0.2, 0.25) is 6.41 Å². The molecule has 0 saturated carbocycles. The average molecular weight is 459 g/mol. The molecular weight excluding hydrogens is 439 g/mol. The number of rotatable bonds is 6. The fraction of sp³-hybridized carbons (Fsp3) is 0.273. The number of hydrogen-bond acceptors (Lipinski definition) is 5. The van der Waals surface area contributed by atoms with Crippen molar-refractivity contribution in [3.8, 4) is 23.1 Å². The molecule has 0 aliphatic carbocycles. The molecule has 33 heavy (non-hydrogen) atoms. The summed E-state index contributed by atoms with van der Waals surface area (Å²) in [5, 5.41) is 10.4. The van der Waals surface area contributed by atoms with Crippen LogP contribution in [0.25, 0.3) is 16.9 Å². The van der Waals surface area contributed by atoms with Crippen LogP contribution in [-0.4, -0.2) is 55.9 Å². The number of nitrogens with two attached hydrogens (primary N) is 1. The molecule has 2 amide bonds. The molecule has 0 spiro atoms. The van der Waals surface area contributed by atoms with E-state index in [9.17, 15) is 27.9 Å². The zero-order valence-electron chi connectivity index (χ0n) is 17.7. The summed E-state index contributed by atoms with van der Waals surface area (Å²) in [6, 6.07) is 6.38. The van der Waals surface area contributed by atoms with Gasteiger partial charge in [-0.15, -0.1) is 0 Å². The average Bonchev–Trinajstić information content (AvgIpc) is 3.20. The monoisotopic (exact) mass is 459 g/mol. The minimum atomic E-state index is -4.70. The maximum Gasteiger partial charge on any atom is 0.433 e. The molecule has 3 aromatic rings. The summed E-state index contributed by atoms with van der Waals surface area (Å²) in [4.78, 5) is 31.7. The topological polar surface area (TPSA) is 114 Å². The lowest BCUT2D eigenvalue weighted by molar-refractivity contribution is -0.141. The molecule has 0 saturated heterocycles. The van der Waals surface area contributed by atoms with Gasteiger partial charge in [-0.1, -0.05) is 24.0 Å². The number of carbonyl (C=O) groups is 2. The number of aromatic nitrogens is 3. The summed E-state index contributed by atoms with van der Waals surface area (Å²) in [5.74, 6) is 4.55. The molecule has 2 aromatic heterocycles. The lowest BCUT2D eigenvalue weighted by Gasteiger charge is -2.19. The van der Waals surface area contributed by atoms with Crippen LogP contribution in [0.5, 0.6) is 0 Å². The van der Waals surface area contributed by atoms with Crippen LogP contribution in [0.3, 0.4) is 0 Å². The molecule has 2 heterocycles. The molecule has 0 bridgehead atoms.